The van der Waals surface area contributed by atoms with Gasteiger partial charge in [0.1, 0.15) is 6.04 Å². The van der Waals surface area contributed by atoms with Gasteiger partial charge in [0.25, 0.3) is 0 Å². The molecule has 1 N–H and O–H groups in total. The topological polar surface area (TPSA) is 90.3 Å². The molecule has 7 heteroatoms. The van der Waals surface area contributed by atoms with Crippen LogP contribution in [0, 0.1) is 11.3 Å². The first-order chi connectivity index (χ1) is 16.4. The molecule has 0 unspecified atom stereocenters. The van der Waals surface area contributed by atoms with Crippen molar-refractivity contribution in [3.05, 3.63) is 77.9 Å². The van der Waals surface area contributed by atoms with Crippen molar-refractivity contribution in [2.24, 2.45) is 0 Å². The zero-order valence-electron chi connectivity index (χ0n) is 19.3. The van der Waals surface area contributed by atoms with Gasteiger partial charge in [-0.05, 0) is 59.9 Å². The molecule has 1 aliphatic carbocycles. The van der Waals surface area contributed by atoms with Crippen LogP contribution in [0.3, 0.4) is 0 Å². The lowest BCUT2D eigenvalue weighted by atomic mass is 9.93. The van der Waals surface area contributed by atoms with Gasteiger partial charge in [-0.25, -0.2) is 8.42 Å². The van der Waals surface area contributed by atoms with Crippen molar-refractivity contribution >= 4 is 26.7 Å². The van der Waals surface area contributed by atoms with Crippen LogP contribution in [0.4, 0.5) is 0 Å². The number of hydrogen-bond acceptors (Lipinski definition) is 4. The largest absolute Gasteiger partial charge is 0.341 e. The molecule has 1 saturated carbocycles. The number of hydrogen-bond donors (Lipinski definition) is 1. The average molecular weight is 476 g/mol. The number of nitriles is 1. The number of benzene rings is 3. The quantitative estimate of drug-likeness (QED) is 0.549. The summed E-state index contributed by atoms with van der Waals surface area (Å²) in [5.41, 5.74) is 1.30. The molecule has 0 saturated heterocycles. The van der Waals surface area contributed by atoms with Crippen LogP contribution in [0.25, 0.3) is 10.8 Å². The van der Waals surface area contributed by atoms with E-state index in [1.807, 2.05) is 24.3 Å². The summed E-state index contributed by atoms with van der Waals surface area (Å²) in [5, 5.41) is 10.8. The Kier molecular flexibility index (Phi) is 7.30. The van der Waals surface area contributed by atoms with Crippen molar-refractivity contribution in [2.45, 2.75) is 55.5 Å². The van der Waals surface area contributed by atoms with Crippen molar-refractivity contribution in [3.8, 4) is 6.07 Å². The molecule has 0 aliphatic heterocycles. The molecule has 1 fully saturated rings. The summed E-state index contributed by atoms with van der Waals surface area (Å²) < 4.78 is 29.4. The molecule has 176 valence electrons. The summed E-state index contributed by atoms with van der Waals surface area (Å²) in [6, 6.07) is 20.7. The first kappa shape index (κ1) is 23.9. The molecule has 6 nitrogen and oxygen atoms in total. The second-order valence-corrected chi connectivity index (χ2v) is 10.7. The van der Waals surface area contributed by atoms with E-state index in [9.17, 15) is 13.2 Å². The lowest BCUT2D eigenvalue weighted by molar-refractivity contribution is -0.134. The average Bonchev–Trinajstić information content (AvgIpc) is 2.88. The van der Waals surface area contributed by atoms with Crippen LogP contribution in [0.1, 0.15) is 43.2 Å². The van der Waals surface area contributed by atoms with Gasteiger partial charge >= 0.3 is 0 Å². The lowest BCUT2D eigenvalue weighted by Crippen LogP contribution is -2.51. The smallest absolute Gasteiger partial charge is 0.241 e. The van der Waals surface area contributed by atoms with Crippen LogP contribution < -0.4 is 4.72 Å². The number of sulfonamides is 1. The van der Waals surface area contributed by atoms with Crippen molar-refractivity contribution < 1.29 is 13.2 Å². The SMILES string of the molecule is CN(C(=O)[C@H](Cc1ccc(C#N)cc1)NS(=O)(=O)c1ccc2ccccc2c1)C1CCCCC1. The Morgan fingerprint density at radius 2 is 1.71 bits per heavy atom. The van der Waals surface area contributed by atoms with Crippen LogP contribution in [-0.2, 0) is 21.2 Å². The number of carbonyl (C=O) groups is 1. The minimum atomic E-state index is -3.94. The van der Waals surface area contributed by atoms with Gasteiger partial charge in [0, 0.05) is 13.1 Å². The van der Waals surface area contributed by atoms with E-state index in [0.717, 1.165) is 42.0 Å². The maximum atomic E-state index is 13.5. The van der Waals surface area contributed by atoms with Crippen molar-refractivity contribution in [1.29, 1.82) is 5.26 Å². The second kappa shape index (κ2) is 10.4. The highest BCUT2D eigenvalue weighted by molar-refractivity contribution is 7.89. The van der Waals surface area contributed by atoms with E-state index in [4.69, 9.17) is 5.26 Å². The number of nitrogens with one attached hydrogen (secondary N) is 1. The molecule has 34 heavy (non-hydrogen) atoms. The van der Waals surface area contributed by atoms with Crippen LogP contribution in [0.5, 0.6) is 0 Å². The molecule has 0 aromatic heterocycles. The fourth-order valence-electron chi connectivity index (χ4n) is 4.61. The molecule has 0 spiro atoms. The lowest BCUT2D eigenvalue weighted by Gasteiger charge is -2.34. The van der Waals surface area contributed by atoms with Crippen molar-refractivity contribution in [2.75, 3.05) is 7.05 Å². The van der Waals surface area contributed by atoms with Crippen LogP contribution in [0.2, 0.25) is 0 Å². The minimum Gasteiger partial charge on any atom is -0.341 e. The molecule has 0 radical (unpaired) electrons. The third kappa shape index (κ3) is 5.46. The van der Waals surface area contributed by atoms with E-state index in [1.54, 1.807) is 54.4 Å². The van der Waals surface area contributed by atoms with Gasteiger partial charge < -0.3 is 4.90 Å². The first-order valence-corrected chi connectivity index (χ1v) is 13.1. The molecule has 1 atom stereocenters. The zero-order chi connectivity index (χ0) is 24.1. The Morgan fingerprint density at radius 1 is 1.03 bits per heavy atom. The Morgan fingerprint density at radius 3 is 2.38 bits per heavy atom. The monoisotopic (exact) mass is 475 g/mol. The van der Waals surface area contributed by atoms with Gasteiger partial charge in [-0.2, -0.15) is 9.98 Å². The van der Waals surface area contributed by atoms with E-state index >= 15 is 0 Å². The van der Waals surface area contributed by atoms with Gasteiger partial charge in [0.2, 0.25) is 15.9 Å². The van der Waals surface area contributed by atoms with E-state index in [0.29, 0.717) is 5.56 Å². The van der Waals surface area contributed by atoms with Gasteiger partial charge in [-0.1, -0.05) is 61.7 Å². The van der Waals surface area contributed by atoms with E-state index < -0.39 is 16.1 Å². The molecular weight excluding hydrogens is 446 g/mol. The highest BCUT2D eigenvalue weighted by Crippen LogP contribution is 2.24. The summed E-state index contributed by atoms with van der Waals surface area (Å²) >= 11 is 0. The number of fused-ring (bicyclic) bond motifs is 1. The molecule has 1 aliphatic rings. The summed E-state index contributed by atoms with van der Waals surface area (Å²) in [6.07, 6.45) is 5.39. The molecule has 4 rings (SSSR count). The zero-order valence-corrected chi connectivity index (χ0v) is 20.1. The van der Waals surface area contributed by atoms with Crippen molar-refractivity contribution in [3.63, 3.8) is 0 Å². The predicted molar refractivity (Wildman–Crippen MR) is 133 cm³/mol. The number of amides is 1. The number of likely N-dealkylation sites (N-methyl/N-ethyl adjacent to an activating group) is 1. The maximum absolute atomic E-state index is 13.5. The predicted octanol–water partition coefficient (Wildman–Crippen LogP) is 4.39. The van der Waals surface area contributed by atoms with E-state index in [1.165, 1.54) is 6.42 Å². The first-order valence-electron chi connectivity index (χ1n) is 11.6. The molecule has 3 aromatic rings. The molecule has 0 heterocycles. The third-order valence-corrected chi connectivity index (χ3v) is 8.09. The summed E-state index contributed by atoms with van der Waals surface area (Å²) in [6.45, 7) is 0. The minimum absolute atomic E-state index is 0.120. The fraction of sp³-hybridized carbons (Fsp3) is 0.333. The Balaban J connectivity index is 1.62. The second-order valence-electron chi connectivity index (χ2n) is 8.94. The molecule has 1 amide bonds. The number of nitrogens with zero attached hydrogens (tertiary/aromatic N) is 2. The van der Waals surface area contributed by atoms with Gasteiger partial charge in [0.05, 0.1) is 16.5 Å². The number of rotatable bonds is 7. The maximum Gasteiger partial charge on any atom is 0.241 e. The Hall–Kier alpha value is -3.21. The molecule has 0 bridgehead atoms. The van der Waals surface area contributed by atoms with Crippen LogP contribution in [0.15, 0.2) is 71.6 Å². The van der Waals surface area contributed by atoms with Gasteiger partial charge in [-0.3, -0.25) is 4.79 Å². The third-order valence-electron chi connectivity index (χ3n) is 6.62. The standard InChI is InChI=1S/C27H29N3O3S/c1-30(24-9-3-2-4-10-24)27(31)26(17-20-11-13-21(19-28)14-12-20)29-34(32,33)25-16-15-22-7-5-6-8-23(22)18-25/h5-8,11-16,18,24,26,29H,2-4,9-10,17H2,1H3/t26-/m0/s1. The van der Waals surface area contributed by atoms with Crippen molar-refractivity contribution in [1.82, 2.24) is 9.62 Å². The highest BCUT2D eigenvalue weighted by Gasteiger charge is 2.31. The van der Waals surface area contributed by atoms with E-state index in [2.05, 4.69) is 10.8 Å². The summed E-state index contributed by atoms with van der Waals surface area (Å²) in [5.74, 6) is -0.236. The Bertz CT molecular complexity index is 1310. The summed E-state index contributed by atoms with van der Waals surface area (Å²) in [7, 11) is -2.17. The van der Waals surface area contributed by atoms with E-state index in [-0.39, 0.29) is 23.3 Å². The summed E-state index contributed by atoms with van der Waals surface area (Å²) in [4.78, 5) is 15.4. The van der Waals surface area contributed by atoms with Gasteiger partial charge in [0.15, 0.2) is 0 Å². The normalized spacial score (nSPS) is 15.5. The van der Waals surface area contributed by atoms with Crippen LogP contribution in [-0.4, -0.2) is 38.4 Å². The molecule has 3 aromatic carbocycles. The highest BCUT2D eigenvalue weighted by atomic mass is 32.2. The molecular formula is C27H29N3O3S. The fourth-order valence-corrected chi connectivity index (χ4v) is 5.84. The van der Waals surface area contributed by atoms with Crippen LogP contribution >= 0.6 is 0 Å². The van der Waals surface area contributed by atoms with Gasteiger partial charge in [-0.15, -0.1) is 0 Å². The Labute approximate surface area is 201 Å². The number of carbonyl (C=O) groups excluding carboxylic acids is 1.